The number of allylic oxidation sites excluding steroid dienone is 1. The van der Waals surface area contributed by atoms with Crippen molar-refractivity contribution >= 4 is 0 Å². The van der Waals surface area contributed by atoms with Crippen LogP contribution in [0.1, 0.15) is 6.92 Å². The molecule has 0 aromatic heterocycles. The zero-order chi connectivity index (χ0) is 7.40. The summed E-state index contributed by atoms with van der Waals surface area (Å²) in [6, 6.07) is 0. The molecule has 0 saturated carbocycles. The number of rotatable bonds is 2. The summed E-state index contributed by atoms with van der Waals surface area (Å²) in [6.45, 7) is 3.32. The molecule has 0 aliphatic carbocycles. The average molecular weight is 140 g/mol. The van der Waals surface area contributed by atoms with Gasteiger partial charge < -0.3 is 15.8 Å². The first-order valence-corrected chi connectivity index (χ1v) is 3.36. The molecule has 0 atom stereocenters. The highest BCUT2D eigenvalue weighted by atomic mass is 16.5. The molecule has 3 nitrogen and oxygen atoms in total. The molecule has 3 heteroatoms. The predicted octanol–water partition coefficient (Wildman–Crippen LogP) is 0.310. The van der Waals surface area contributed by atoms with E-state index in [0.29, 0.717) is 13.2 Å². The molecule has 0 bridgehead atoms. The van der Waals surface area contributed by atoms with Crippen LogP contribution in [-0.2, 0) is 4.74 Å². The number of hydrogen-bond acceptors (Lipinski definition) is 3. The number of nitrogens with one attached hydrogen (secondary N) is 1. The first kappa shape index (κ1) is 6.99. The van der Waals surface area contributed by atoms with Crippen LogP contribution in [-0.4, -0.2) is 13.2 Å². The Labute approximate surface area is 60.5 Å². The highest BCUT2D eigenvalue weighted by molar-refractivity contribution is 5.23. The third kappa shape index (κ3) is 1.43. The summed E-state index contributed by atoms with van der Waals surface area (Å²) >= 11 is 0. The molecule has 0 aromatic carbocycles. The first-order valence-electron chi connectivity index (χ1n) is 3.36. The van der Waals surface area contributed by atoms with E-state index >= 15 is 0 Å². The van der Waals surface area contributed by atoms with E-state index in [0.717, 1.165) is 11.5 Å². The predicted molar refractivity (Wildman–Crippen MR) is 40.0 cm³/mol. The van der Waals surface area contributed by atoms with E-state index in [1.807, 2.05) is 13.1 Å². The lowest BCUT2D eigenvalue weighted by Crippen LogP contribution is -2.20. The SMILES string of the molecule is CCOC1=C(N)C=CNC1. The molecule has 0 saturated heterocycles. The lowest BCUT2D eigenvalue weighted by Gasteiger charge is -2.13. The van der Waals surface area contributed by atoms with E-state index < -0.39 is 0 Å². The van der Waals surface area contributed by atoms with Crippen LogP contribution in [0.5, 0.6) is 0 Å². The van der Waals surface area contributed by atoms with Gasteiger partial charge in [-0.2, -0.15) is 0 Å². The summed E-state index contributed by atoms with van der Waals surface area (Å²) in [4.78, 5) is 0. The second-order valence-corrected chi connectivity index (χ2v) is 2.03. The molecule has 0 amide bonds. The zero-order valence-corrected chi connectivity index (χ0v) is 6.05. The summed E-state index contributed by atoms with van der Waals surface area (Å²) < 4.78 is 5.24. The standard InChI is InChI=1S/C7H12N2O/c1-2-10-7-5-9-4-3-6(7)8/h3-4,9H,2,5,8H2,1H3. The third-order valence-corrected chi connectivity index (χ3v) is 1.28. The summed E-state index contributed by atoms with van der Waals surface area (Å²) in [5, 5.41) is 3.01. The minimum absolute atomic E-state index is 0.672. The van der Waals surface area contributed by atoms with Crippen LogP contribution in [0.15, 0.2) is 23.7 Å². The van der Waals surface area contributed by atoms with E-state index in [4.69, 9.17) is 10.5 Å². The average Bonchev–Trinajstić information content (AvgIpc) is 1.94. The molecule has 1 aliphatic heterocycles. The number of dihydropyridines is 1. The van der Waals surface area contributed by atoms with Gasteiger partial charge in [-0.1, -0.05) is 0 Å². The molecular weight excluding hydrogens is 128 g/mol. The molecule has 3 N–H and O–H groups in total. The molecular formula is C7H12N2O. The van der Waals surface area contributed by atoms with Crippen LogP contribution in [0.3, 0.4) is 0 Å². The Hall–Kier alpha value is -1.12. The Bertz CT molecular complexity index is 172. The van der Waals surface area contributed by atoms with Gasteiger partial charge in [-0.05, 0) is 19.2 Å². The highest BCUT2D eigenvalue weighted by Gasteiger charge is 2.03. The summed E-state index contributed by atoms with van der Waals surface area (Å²) in [7, 11) is 0. The van der Waals surface area contributed by atoms with Crippen LogP contribution in [0, 0.1) is 0 Å². The van der Waals surface area contributed by atoms with Crippen LogP contribution < -0.4 is 11.1 Å². The van der Waals surface area contributed by atoms with Crippen LogP contribution in [0.4, 0.5) is 0 Å². The second-order valence-electron chi connectivity index (χ2n) is 2.03. The van der Waals surface area contributed by atoms with Crippen molar-refractivity contribution in [2.45, 2.75) is 6.92 Å². The van der Waals surface area contributed by atoms with Crippen molar-refractivity contribution in [3.8, 4) is 0 Å². The molecule has 10 heavy (non-hydrogen) atoms. The van der Waals surface area contributed by atoms with Gasteiger partial charge in [0.05, 0.1) is 18.8 Å². The van der Waals surface area contributed by atoms with Crippen molar-refractivity contribution in [2.75, 3.05) is 13.2 Å². The minimum atomic E-state index is 0.672. The van der Waals surface area contributed by atoms with Crippen molar-refractivity contribution in [2.24, 2.45) is 5.73 Å². The quantitative estimate of drug-likeness (QED) is 0.580. The van der Waals surface area contributed by atoms with E-state index in [9.17, 15) is 0 Å². The van der Waals surface area contributed by atoms with E-state index in [-0.39, 0.29) is 0 Å². The van der Waals surface area contributed by atoms with E-state index in [1.54, 1.807) is 6.08 Å². The molecule has 0 spiro atoms. The van der Waals surface area contributed by atoms with Crippen LogP contribution >= 0.6 is 0 Å². The Balaban J connectivity index is 2.60. The summed E-state index contributed by atoms with van der Waals surface area (Å²) in [5.41, 5.74) is 6.32. The Morgan fingerprint density at radius 3 is 3.20 bits per heavy atom. The molecule has 1 rings (SSSR count). The van der Waals surface area contributed by atoms with Crippen LogP contribution in [0.2, 0.25) is 0 Å². The van der Waals surface area contributed by atoms with Gasteiger partial charge in [-0.25, -0.2) is 0 Å². The van der Waals surface area contributed by atoms with Gasteiger partial charge >= 0.3 is 0 Å². The van der Waals surface area contributed by atoms with Crippen molar-refractivity contribution in [3.05, 3.63) is 23.7 Å². The number of nitrogens with two attached hydrogens (primary N) is 1. The van der Waals surface area contributed by atoms with E-state index in [1.165, 1.54) is 0 Å². The second kappa shape index (κ2) is 3.15. The zero-order valence-electron chi connectivity index (χ0n) is 6.05. The van der Waals surface area contributed by atoms with Crippen molar-refractivity contribution in [1.82, 2.24) is 5.32 Å². The van der Waals surface area contributed by atoms with Gasteiger partial charge in [0.2, 0.25) is 0 Å². The van der Waals surface area contributed by atoms with Crippen molar-refractivity contribution in [1.29, 1.82) is 0 Å². The molecule has 0 aromatic rings. The number of hydrogen-bond donors (Lipinski definition) is 2. The highest BCUT2D eigenvalue weighted by Crippen LogP contribution is 2.04. The van der Waals surface area contributed by atoms with E-state index in [2.05, 4.69) is 5.32 Å². The minimum Gasteiger partial charge on any atom is -0.494 e. The normalized spacial score (nSPS) is 16.9. The van der Waals surface area contributed by atoms with Crippen LogP contribution in [0.25, 0.3) is 0 Å². The maximum Gasteiger partial charge on any atom is 0.138 e. The van der Waals surface area contributed by atoms with Crippen molar-refractivity contribution in [3.63, 3.8) is 0 Å². The van der Waals surface area contributed by atoms with Gasteiger partial charge in [0.25, 0.3) is 0 Å². The fourth-order valence-electron chi connectivity index (χ4n) is 0.804. The van der Waals surface area contributed by atoms with Gasteiger partial charge in [0.1, 0.15) is 5.76 Å². The molecule has 1 heterocycles. The largest absolute Gasteiger partial charge is 0.494 e. The Kier molecular flexibility index (Phi) is 2.20. The molecule has 0 radical (unpaired) electrons. The maximum absolute atomic E-state index is 5.59. The monoisotopic (exact) mass is 140 g/mol. The lowest BCUT2D eigenvalue weighted by atomic mass is 10.3. The molecule has 1 aliphatic rings. The topological polar surface area (TPSA) is 47.3 Å². The van der Waals surface area contributed by atoms with Gasteiger partial charge in [-0.15, -0.1) is 0 Å². The lowest BCUT2D eigenvalue weighted by molar-refractivity contribution is 0.219. The first-order chi connectivity index (χ1) is 4.84. The Morgan fingerprint density at radius 2 is 2.60 bits per heavy atom. The molecule has 0 unspecified atom stereocenters. The smallest absolute Gasteiger partial charge is 0.138 e. The molecule has 56 valence electrons. The van der Waals surface area contributed by atoms with Gasteiger partial charge in [0.15, 0.2) is 0 Å². The maximum atomic E-state index is 5.59. The fourth-order valence-corrected chi connectivity index (χ4v) is 0.804. The van der Waals surface area contributed by atoms with Gasteiger partial charge in [0, 0.05) is 0 Å². The van der Waals surface area contributed by atoms with Gasteiger partial charge in [-0.3, -0.25) is 0 Å². The number of ether oxygens (including phenoxy) is 1. The summed E-state index contributed by atoms with van der Waals surface area (Å²) in [5.74, 6) is 0.838. The summed E-state index contributed by atoms with van der Waals surface area (Å²) in [6.07, 6.45) is 3.62. The third-order valence-electron chi connectivity index (χ3n) is 1.28. The Morgan fingerprint density at radius 1 is 1.80 bits per heavy atom. The fraction of sp³-hybridized carbons (Fsp3) is 0.429. The van der Waals surface area contributed by atoms with Crippen molar-refractivity contribution < 1.29 is 4.74 Å². The molecule has 0 fully saturated rings.